The second-order valence-electron chi connectivity index (χ2n) is 7.26. The van der Waals surface area contributed by atoms with Gasteiger partial charge in [0, 0.05) is 25.2 Å². The van der Waals surface area contributed by atoms with Crippen LogP contribution < -0.4 is 0 Å². The molecule has 0 aliphatic carbocycles. The Balaban J connectivity index is 1.74. The third-order valence-electron chi connectivity index (χ3n) is 5.05. The van der Waals surface area contributed by atoms with Gasteiger partial charge in [0.25, 0.3) is 5.91 Å². The summed E-state index contributed by atoms with van der Waals surface area (Å²) in [6.45, 7) is 10.5. The van der Waals surface area contributed by atoms with E-state index in [1.807, 2.05) is 24.8 Å². The number of benzene rings is 1. The van der Waals surface area contributed by atoms with Crippen LogP contribution in [0.4, 0.5) is 4.39 Å². The topological polar surface area (TPSA) is 36.4 Å². The first-order valence-corrected chi connectivity index (χ1v) is 10.6. The van der Waals surface area contributed by atoms with Crippen LogP contribution in [0.3, 0.4) is 0 Å². The summed E-state index contributed by atoms with van der Waals surface area (Å²) in [5.74, 6) is -0.259. The van der Waals surface area contributed by atoms with Crippen LogP contribution in [0.15, 0.2) is 18.2 Å². The van der Waals surface area contributed by atoms with Crippen molar-refractivity contribution in [2.75, 3.05) is 32.7 Å². The SMILES string of the molecule is CCCCN1CCCN(C(=O)c2sc(-c3ccc(C)cc3F)nc2C)CC1. The molecule has 3 rings (SSSR count). The number of nitrogens with zero attached hydrogens (tertiary/aromatic N) is 3. The van der Waals surface area contributed by atoms with Crippen LogP contribution in [0.1, 0.15) is 47.1 Å². The van der Waals surface area contributed by atoms with E-state index < -0.39 is 0 Å². The predicted molar refractivity (Wildman–Crippen MR) is 109 cm³/mol. The first-order chi connectivity index (χ1) is 13.0. The monoisotopic (exact) mass is 389 g/mol. The standard InChI is InChI=1S/C21H28FN3OS/c1-4-5-9-24-10-6-11-25(13-12-24)21(26)19-16(3)23-20(27-19)17-8-7-15(2)14-18(17)22/h7-8,14H,4-6,9-13H2,1-3H3. The molecule has 1 aromatic heterocycles. The normalized spacial score (nSPS) is 15.8. The van der Waals surface area contributed by atoms with Crippen molar-refractivity contribution in [1.82, 2.24) is 14.8 Å². The number of aromatic nitrogens is 1. The lowest BCUT2D eigenvalue weighted by atomic mass is 10.1. The van der Waals surface area contributed by atoms with E-state index in [0.29, 0.717) is 21.1 Å². The van der Waals surface area contributed by atoms with Crippen molar-refractivity contribution < 1.29 is 9.18 Å². The number of aryl methyl sites for hydroxylation is 2. The van der Waals surface area contributed by atoms with Crippen molar-refractivity contribution in [3.05, 3.63) is 40.2 Å². The van der Waals surface area contributed by atoms with Gasteiger partial charge >= 0.3 is 0 Å². The van der Waals surface area contributed by atoms with Gasteiger partial charge in [-0.1, -0.05) is 19.4 Å². The molecule has 0 N–H and O–H groups in total. The molecule has 4 nitrogen and oxygen atoms in total. The third kappa shape index (κ3) is 4.74. The van der Waals surface area contributed by atoms with Crippen LogP contribution in [0, 0.1) is 19.7 Å². The molecule has 2 aromatic rings. The molecule has 0 bridgehead atoms. The zero-order valence-corrected chi connectivity index (χ0v) is 17.2. The zero-order chi connectivity index (χ0) is 19.4. The summed E-state index contributed by atoms with van der Waals surface area (Å²) < 4.78 is 14.3. The van der Waals surface area contributed by atoms with Crippen LogP contribution in [-0.2, 0) is 0 Å². The summed E-state index contributed by atoms with van der Waals surface area (Å²) in [5, 5.41) is 0.577. The summed E-state index contributed by atoms with van der Waals surface area (Å²) in [6.07, 6.45) is 3.39. The summed E-state index contributed by atoms with van der Waals surface area (Å²) in [4.78, 5) is 22.6. The van der Waals surface area contributed by atoms with Gasteiger partial charge in [-0.05, 0) is 57.5 Å². The molecule has 1 aliphatic rings. The molecule has 6 heteroatoms. The van der Waals surface area contributed by atoms with E-state index in [1.165, 1.54) is 30.2 Å². The van der Waals surface area contributed by atoms with Gasteiger partial charge in [-0.2, -0.15) is 0 Å². The summed E-state index contributed by atoms with van der Waals surface area (Å²) in [5.41, 5.74) is 2.03. The number of carbonyl (C=O) groups excluding carboxylic acids is 1. The average molecular weight is 390 g/mol. The van der Waals surface area contributed by atoms with E-state index >= 15 is 0 Å². The molecule has 2 heterocycles. The van der Waals surface area contributed by atoms with Crippen LogP contribution in [0.2, 0.25) is 0 Å². The molecule has 0 radical (unpaired) electrons. The van der Waals surface area contributed by atoms with Gasteiger partial charge in [0.05, 0.1) is 5.69 Å². The predicted octanol–water partition coefficient (Wildman–Crippen LogP) is 4.51. The Bertz CT molecular complexity index is 805. The minimum absolute atomic E-state index is 0.0288. The first-order valence-electron chi connectivity index (χ1n) is 9.75. The molecule has 27 heavy (non-hydrogen) atoms. The Morgan fingerprint density at radius 1 is 1.22 bits per heavy atom. The lowest BCUT2D eigenvalue weighted by Gasteiger charge is -2.21. The highest BCUT2D eigenvalue weighted by atomic mass is 32.1. The number of hydrogen-bond donors (Lipinski definition) is 0. The lowest BCUT2D eigenvalue weighted by Crippen LogP contribution is -2.35. The lowest BCUT2D eigenvalue weighted by molar-refractivity contribution is 0.0765. The fourth-order valence-electron chi connectivity index (χ4n) is 3.43. The van der Waals surface area contributed by atoms with Crippen molar-refractivity contribution >= 4 is 17.2 Å². The smallest absolute Gasteiger partial charge is 0.265 e. The van der Waals surface area contributed by atoms with Gasteiger partial charge in [0.1, 0.15) is 15.7 Å². The van der Waals surface area contributed by atoms with E-state index in [0.717, 1.165) is 44.7 Å². The van der Waals surface area contributed by atoms with Crippen LogP contribution >= 0.6 is 11.3 Å². The molecule has 0 spiro atoms. The molecule has 1 saturated heterocycles. The van der Waals surface area contributed by atoms with E-state index in [2.05, 4.69) is 16.8 Å². The molecule has 1 aliphatic heterocycles. The second kappa shape index (κ2) is 8.93. The molecule has 1 fully saturated rings. The maximum atomic E-state index is 14.3. The fraction of sp³-hybridized carbons (Fsp3) is 0.524. The quantitative estimate of drug-likeness (QED) is 0.755. The number of amides is 1. The van der Waals surface area contributed by atoms with Crippen molar-refractivity contribution in [3.8, 4) is 10.6 Å². The van der Waals surface area contributed by atoms with Gasteiger partial charge < -0.3 is 9.80 Å². The number of hydrogen-bond acceptors (Lipinski definition) is 4. The van der Waals surface area contributed by atoms with Crippen molar-refractivity contribution in [3.63, 3.8) is 0 Å². The van der Waals surface area contributed by atoms with Crippen LogP contribution in [0.25, 0.3) is 10.6 Å². The van der Waals surface area contributed by atoms with E-state index in [9.17, 15) is 9.18 Å². The van der Waals surface area contributed by atoms with E-state index in [-0.39, 0.29) is 11.7 Å². The van der Waals surface area contributed by atoms with Crippen LogP contribution in [0.5, 0.6) is 0 Å². The Morgan fingerprint density at radius 3 is 2.78 bits per heavy atom. The summed E-state index contributed by atoms with van der Waals surface area (Å²) in [6, 6.07) is 5.12. The average Bonchev–Trinajstić information content (AvgIpc) is 2.87. The van der Waals surface area contributed by atoms with Crippen LogP contribution in [-0.4, -0.2) is 53.4 Å². The third-order valence-corrected chi connectivity index (χ3v) is 6.23. The fourth-order valence-corrected chi connectivity index (χ4v) is 4.49. The minimum atomic E-state index is -0.288. The van der Waals surface area contributed by atoms with Gasteiger partial charge in [0.15, 0.2) is 0 Å². The number of unbranched alkanes of at least 4 members (excludes halogenated alkanes) is 1. The highest BCUT2D eigenvalue weighted by molar-refractivity contribution is 7.17. The maximum Gasteiger partial charge on any atom is 0.265 e. The number of carbonyl (C=O) groups is 1. The van der Waals surface area contributed by atoms with Crippen molar-refractivity contribution in [2.24, 2.45) is 0 Å². The number of halogens is 1. The van der Waals surface area contributed by atoms with Gasteiger partial charge in [-0.3, -0.25) is 4.79 Å². The molecule has 0 unspecified atom stereocenters. The largest absolute Gasteiger partial charge is 0.337 e. The summed E-state index contributed by atoms with van der Waals surface area (Å²) >= 11 is 1.30. The highest BCUT2D eigenvalue weighted by Crippen LogP contribution is 2.31. The zero-order valence-electron chi connectivity index (χ0n) is 16.4. The molecule has 1 aromatic carbocycles. The first kappa shape index (κ1) is 20.0. The molecular formula is C21H28FN3OS. The van der Waals surface area contributed by atoms with Gasteiger partial charge in [-0.25, -0.2) is 9.37 Å². The van der Waals surface area contributed by atoms with E-state index in [4.69, 9.17) is 0 Å². The number of thiazole rings is 1. The Kier molecular flexibility index (Phi) is 6.60. The van der Waals surface area contributed by atoms with Gasteiger partial charge in [0.2, 0.25) is 0 Å². The molecule has 146 valence electrons. The second-order valence-corrected chi connectivity index (χ2v) is 8.26. The number of rotatable bonds is 5. The molecule has 1 amide bonds. The Morgan fingerprint density at radius 2 is 2.04 bits per heavy atom. The maximum absolute atomic E-state index is 14.3. The van der Waals surface area contributed by atoms with Crippen molar-refractivity contribution in [1.29, 1.82) is 0 Å². The molecule has 0 atom stereocenters. The minimum Gasteiger partial charge on any atom is -0.337 e. The van der Waals surface area contributed by atoms with Gasteiger partial charge in [-0.15, -0.1) is 11.3 Å². The Labute approximate surface area is 165 Å². The molecule has 0 saturated carbocycles. The highest BCUT2D eigenvalue weighted by Gasteiger charge is 2.24. The molecular weight excluding hydrogens is 361 g/mol. The van der Waals surface area contributed by atoms with E-state index in [1.54, 1.807) is 6.07 Å². The Hall–Kier alpha value is -1.79. The summed E-state index contributed by atoms with van der Waals surface area (Å²) in [7, 11) is 0. The van der Waals surface area contributed by atoms with Crippen molar-refractivity contribution in [2.45, 2.75) is 40.0 Å².